The first kappa shape index (κ1) is 12.6. The van der Waals surface area contributed by atoms with Gasteiger partial charge in [0.1, 0.15) is 6.29 Å². The average Bonchev–Trinajstić information content (AvgIpc) is 2.38. The number of rotatable bonds is 3. The molecule has 17 heavy (non-hydrogen) atoms. The van der Waals surface area contributed by atoms with Gasteiger partial charge in [0.15, 0.2) is 0 Å². The van der Waals surface area contributed by atoms with Crippen molar-refractivity contribution in [1.82, 2.24) is 0 Å². The molecule has 1 nitrogen and oxygen atoms in total. The van der Waals surface area contributed by atoms with Crippen LogP contribution in [0.3, 0.4) is 0 Å². The Hall–Kier alpha value is -0.820. The fourth-order valence-corrected chi connectivity index (χ4v) is 2.99. The fraction of sp³-hybridized carbons (Fsp3) is 0.533. The van der Waals surface area contributed by atoms with E-state index in [1.807, 2.05) is 13.0 Å². The van der Waals surface area contributed by atoms with Gasteiger partial charge in [0.05, 0.1) is 0 Å². The normalized spacial score (nSPS) is 18.9. The van der Waals surface area contributed by atoms with E-state index in [1.165, 1.54) is 37.7 Å². The molecule has 1 aromatic rings. The van der Waals surface area contributed by atoms with Gasteiger partial charge in [0.25, 0.3) is 0 Å². The van der Waals surface area contributed by atoms with Crippen LogP contribution in [0.1, 0.15) is 62.0 Å². The van der Waals surface area contributed by atoms with Crippen molar-refractivity contribution in [2.45, 2.75) is 50.9 Å². The lowest BCUT2D eigenvalue weighted by molar-refractivity contribution is -0.108. The molecule has 0 aromatic heterocycles. The summed E-state index contributed by atoms with van der Waals surface area (Å²) >= 11 is 6.35. The molecule has 1 unspecified atom stereocenters. The molecule has 0 N–H and O–H groups in total. The van der Waals surface area contributed by atoms with E-state index in [0.29, 0.717) is 5.92 Å². The zero-order chi connectivity index (χ0) is 12.3. The summed E-state index contributed by atoms with van der Waals surface area (Å²) in [6.45, 7) is 1.90. The molecule has 0 heterocycles. The molecule has 1 aromatic carbocycles. The van der Waals surface area contributed by atoms with E-state index in [1.54, 1.807) is 0 Å². The number of carbonyl (C=O) groups is 1. The Labute approximate surface area is 108 Å². The minimum Gasteiger partial charge on any atom is -0.303 e. The van der Waals surface area contributed by atoms with Crippen LogP contribution in [0.15, 0.2) is 18.2 Å². The molecular weight excluding hydrogens is 232 g/mol. The molecular formula is C15H19ClO. The minimum atomic E-state index is -0.0621. The predicted octanol–water partition coefficient (Wildman–Crippen LogP) is 4.69. The molecule has 1 aliphatic carbocycles. The van der Waals surface area contributed by atoms with Crippen LogP contribution in [-0.4, -0.2) is 6.29 Å². The largest absolute Gasteiger partial charge is 0.303 e. The lowest BCUT2D eigenvalue weighted by Crippen LogP contribution is -2.05. The predicted molar refractivity (Wildman–Crippen MR) is 71.8 cm³/mol. The van der Waals surface area contributed by atoms with Crippen molar-refractivity contribution in [2.24, 2.45) is 0 Å². The Morgan fingerprint density at radius 2 is 2.00 bits per heavy atom. The van der Waals surface area contributed by atoms with Gasteiger partial charge in [-0.2, -0.15) is 0 Å². The summed E-state index contributed by atoms with van der Waals surface area (Å²) in [6, 6.07) is 6.13. The first-order valence-corrected chi connectivity index (χ1v) is 6.85. The van der Waals surface area contributed by atoms with E-state index in [-0.39, 0.29) is 5.92 Å². The Kier molecular flexibility index (Phi) is 4.22. The highest BCUT2D eigenvalue weighted by molar-refractivity contribution is 6.31. The summed E-state index contributed by atoms with van der Waals surface area (Å²) in [5, 5.41) is 0.836. The highest BCUT2D eigenvalue weighted by Gasteiger charge is 2.18. The summed E-state index contributed by atoms with van der Waals surface area (Å²) in [5.74, 6) is 0.560. The maximum absolute atomic E-state index is 10.8. The minimum absolute atomic E-state index is 0.0621. The average molecular weight is 251 g/mol. The smallest absolute Gasteiger partial charge is 0.127 e. The van der Waals surface area contributed by atoms with Crippen LogP contribution in [0.25, 0.3) is 0 Å². The lowest BCUT2D eigenvalue weighted by atomic mass is 9.83. The zero-order valence-electron chi connectivity index (χ0n) is 10.3. The molecule has 1 saturated carbocycles. The Balaban J connectivity index is 2.21. The standard InChI is InChI=1S/C15H19ClO/c1-11(10-17)13-7-8-14(15(16)9-13)12-5-3-2-4-6-12/h7-12H,2-6H2,1H3. The molecule has 0 bridgehead atoms. The van der Waals surface area contributed by atoms with Crippen LogP contribution in [0, 0.1) is 0 Å². The number of hydrogen-bond donors (Lipinski definition) is 0. The van der Waals surface area contributed by atoms with Crippen LogP contribution < -0.4 is 0 Å². The third kappa shape index (κ3) is 2.90. The van der Waals surface area contributed by atoms with E-state index in [4.69, 9.17) is 11.6 Å². The third-order valence-corrected chi connectivity index (χ3v) is 4.13. The molecule has 0 aliphatic heterocycles. The van der Waals surface area contributed by atoms with Gasteiger partial charge in [0.2, 0.25) is 0 Å². The summed E-state index contributed by atoms with van der Waals surface area (Å²) in [6.07, 6.45) is 7.45. The molecule has 2 rings (SSSR count). The van der Waals surface area contributed by atoms with Crippen molar-refractivity contribution in [3.05, 3.63) is 34.3 Å². The maximum Gasteiger partial charge on any atom is 0.127 e. The van der Waals surface area contributed by atoms with Gasteiger partial charge in [-0.15, -0.1) is 0 Å². The molecule has 0 saturated heterocycles. The van der Waals surface area contributed by atoms with Gasteiger partial charge in [0, 0.05) is 10.9 Å². The Morgan fingerprint density at radius 1 is 1.29 bits per heavy atom. The first-order valence-electron chi connectivity index (χ1n) is 6.47. The summed E-state index contributed by atoms with van der Waals surface area (Å²) < 4.78 is 0. The van der Waals surface area contributed by atoms with Crippen molar-refractivity contribution >= 4 is 17.9 Å². The zero-order valence-corrected chi connectivity index (χ0v) is 11.0. The van der Waals surface area contributed by atoms with Crippen LogP contribution in [-0.2, 0) is 4.79 Å². The molecule has 1 aliphatic rings. The van der Waals surface area contributed by atoms with Crippen molar-refractivity contribution in [2.75, 3.05) is 0 Å². The summed E-state index contributed by atoms with van der Waals surface area (Å²) in [5.41, 5.74) is 2.29. The second kappa shape index (κ2) is 5.68. The number of carbonyl (C=O) groups excluding carboxylic acids is 1. The maximum atomic E-state index is 10.8. The lowest BCUT2D eigenvalue weighted by Gasteiger charge is -2.23. The van der Waals surface area contributed by atoms with Gasteiger partial charge in [-0.05, 0) is 36.0 Å². The number of hydrogen-bond acceptors (Lipinski definition) is 1. The van der Waals surface area contributed by atoms with E-state index < -0.39 is 0 Å². The second-order valence-corrected chi connectivity index (χ2v) is 5.45. The van der Waals surface area contributed by atoms with Gasteiger partial charge < -0.3 is 4.79 Å². The molecule has 92 valence electrons. The SMILES string of the molecule is CC(C=O)c1ccc(C2CCCCC2)c(Cl)c1. The van der Waals surface area contributed by atoms with Gasteiger partial charge in [-0.3, -0.25) is 0 Å². The third-order valence-electron chi connectivity index (χ3n) is 3.80. The topological polar surface area (TPSA) is 17.1 Å². The molecule has 1 atom stereocenters. The van der Waals surface area contributed by atoms with Crippen molar-refractivity contribution < 1.29 is 4.79 Å². The monoisotopic (exact) mass is 250 g/mol. The van der Waals surface area contributed by atoms with Gasteiger partial charge >= 0.3 is 0 Å². The molecule has 0 amide bonds. The molecule has 2 heteroatoms. The quantitative estimate of drug-likeness (QED) is 0.712. The van der Waals surface area contributed by atoms with Crippen LogP contribution in [0.4, 0.5) is 0 Å². The van der Waals surface area contributed by atoms with Crippen molar-refractivity contribution in [3.63, 3.8) is 0 Å². The Morgan fingerprint density at radius 3 is 2.59 bits per heavy atom. The van der Waals surface area contributed by atoms with E-state index in [0.717, 1.165) is 16.9 Å². The molecule has 1 fully saturated rings. The second-order valence-electron chi connectivity index (χ2n) is 5.04. The highest BCUT2D eigenvalue weighted by atomic mass is 35.5. The molecule has 0 radical (unpaired) electrons. The van der Waals surface area contributed by atoms with E-state index in [2.05, 4.69) is 12.1 Å². The first-order chi connectivity index (χ1) is 8.22. The number of benzene rings is 1. The van der Waals surface area contributed by atoms with Crippen LogP contribution in [0.2, 0.25) is 5.02 Å². The fourth-order valence-electron chi connectivity index (χ4n) is 2.65. The van der Waals surface area contributed by atoms with Crippen LogP contribution >= 0.6 is 11.6 Å². The van der Waals surface area contributed by atoms with Crippen molar-refractivity contribution in [3.8, 4) is 0 Å². The van der Waals surface area contributed by atoms with E-state index >= 15 is 0 Å². The highest BCUT2D eigenvalue weighted by Crippen LogP contribution is 2.37. The number of halogens is 1. The van der Waals surface area contributed by atoms with Gasteiger partial charge in [-0.25, -0.2) is 0 Å². The van der Waals surface area contributed by atoms with Crippen molar-refractivity contribution in [1.29, 1.82) is 0 Å². The summed E-state index contributed by atoms with van der Waals surface area (Å²) in [4.78, 5) is 10.8. The number of aldehydes is 1. The Bertz CT molecular complexity index is 394. The van der Waals surface area contributed by atoms with Crippen LogP contribution in [0.5, 0.6) is 0 Å². The van der Waals surface area contributed by atoms with E-state index in [9.17, 15) is 4.79 Å². The molecule has 0 spiro atoms. The van der Waals surface area contributed by atoms with Gasteiger partial charge in [-0.1, -0.05) is 49.9 Å². The summed E-state index contributed by atoms with van der Waals surface area (Å²) in [7, 11) is 0.